The van der Waals surface area contributed by atoms with Crippen molar-refractivity contribution in [1.29, 1.82) is 0 Å². The highest BCUT2D eigenvalue weighted by Gasteiger charge is 2.19. The van der Waals surface area contributed by atoms with Crippen LogP contribution >= 0.6 is 0 Å². The maximum atomic E-state index is 5.52. The molecule has 1 aliphatic rings. The Morgan fingerprint density at radius 1 is 1.36 bits per heavy atom. The number of aromatic nitrogens is 1. The molecule has 2 rings (SSSR count). The minimum absolute atomic E-state index is 0.718. The van der Waals surface area contributed by atoms with Gasteiger partial charge in [0.05, 0.1) is 11.9 Å². The quantitative estimate of drug-likeness (QED) is 0.661. The number of pyridine rings is 1. The third-order valence-electron chi connectivity index (χ3n) is 2.33. The van der Waals surface area contributed by atoms with Crippen molar-refractivity contribution in [2.75, 3.05) is 5.73 Å². The molecule has 0 spiro atoms. The van der Waals surface area contributed by atoms with Crippen LogP contribution in [0.1, 0.15) is 30.9 Å². The van der Waals surface area contributed by atoms with E-state index >= 15 is 0 Å². The van der Waals surface area contributed by atoms with E-state index in [1.165, 1.54) is 25.0 Å². The summed E-state index contributed by atoms with van der Waals surface area (Å²) in [5.41, 5.74) is 7.49. The molecule has 0 unspecified atom stereocenters. The Labute approximate surface area is 66.4 Å². The molecule has 1 aliphatic carbocycles. The molecule has 11 heavy (non-hydrogen) atoms. The summed E-state index contributed by atoms with van der Waals surface area (Å²) in [7, 11) is 0. The predicted octanol–water partition coefficient (Wildman–Crippen LogP) is 1.93. The van der Waals surface area contributed by atoms with E-state index in [9.17, 15) is 0 Å². The molecule has 0 atom stereocenters. The molecule has 2 N–H and O–H groups in total. The van der Waals surface area contributed by atoms with Crippen LogP contribution in [0, 0.1) is 0 Å². The lowest BCUT2D eigenvalue weighted by Crippen LogP contribution is -2.10. The summed E-state index contributed by atoms with van der Waals surface area (Å²) < 4.78 is 0. The van der Waals surface area contributed by atoms with Gasteiger partial charge < -0.3 is 5.73 Å². The van der Waals surface area contributed by atoms with Crippen molar-refractivity contribution >= 4 is 5.69 Å². The number of hydrogen-bond donors (Lipinski definition) is 1. The number of anilines is 1. The van der Waals surface area contributed by atoms with E-state index < -0.39 is 0 Å². The van der Waals surface area contributed by atoms with E-state index in [0.717, 1.165) is 11.6 Å². The zero-order valence-corrected chi connectivity index (χ0v) is 6.46. The Morgan fingerprint density at radius 3 is 2.64 bits per heavy atom. The summed E-state index contributed by atoms with van der Waals surface area (Å²) in [5.74, 6) is 0.718. The van der Waals surface area contributed by atoms with Crippen molar-refractivity contribution in [3.63, 3.8) is 0 Å². The highest BCUT2D eigenvalue weighted by atomic mass is 14.7. The van der Waals surface area contributed by atoms with Gasteiger partial charge in [0.1, 0.15) is 0 Å². The lowest BCUT2D eigenvalue weighted by Gasteiger charge is -2.24. The first kappa shape index (κ1) is 6.65. The van der Waals surface area contributed by atoms with E-state index in [1.54, 1.807) is 6.20 Å². The molecule has 0 aromatic carbocycles. The molecule has 0 bridgehead atoms. The SMILES string of the molecule is Nc1ccc(C2CCC2)nc1. The fourth-order valence-electron chi connectivity index (χ4n) is 1.36. The lowest BCUT2D eigenvalue weighted by atomic mass is 9.83. The van der Waals surface area contributed by atoms with Crippen LogP contribution in [0.5, 0.6) is 0 Å². The molecule has 58 valence electrons. The van der Waals surface area contributed by atoms with Crippen molar-refractivity contribution in [2.24, 2.45) is 0 Å². The number of nitrogens with two attached hydrogens (primary N) is 1. The second-order valence-corrected chi connectivity index (χ2v) is 3.14. The van der Waals surface area contributed by atoms with E-state index in [1.807, 2.05) is 12.1 Å². The molecule has 0 saturated heterocycles. The molecule has 0 aliphatic heterocycles. The first-order chi connectivity index (χ1) is 5.36. The lowest BCUT2D eigenvalue weighted by molar-refractivity contribution is 0.411. The van der Waals surface area contributed by atoms with Gasteiger partial charge in [-0.15, -0.1) is 0 Å². The van der Waals surface area contributed by atoms with Gasteiger partial charge in [0, 0.05) is 11.6 Å². The highest BCUT2D eigenvalue weighted by Crippen LogP contribution is 2.34. The first-order valence-corrected chi connectivity index (χ1v) is 4.08. The molecule has 1 saturated carbocycles. The van der Waals surface area contributed by atoms with Crippen LogP contribution in [-0.4, -0.2) is 4.98 Å². The highest BCUT2D eigenvalue weighted by molar-refractivity contribution is 5.35. The van der Waals surface area contributed by atoms with Crippen LogP contribution in [0.15, 0.2) is 18.3 Å². The minimum atomic E-state index is 0.718. The smallest absolute Gasteiger partial charge is 0.0501 e. The summed E-state index contributed by atoms with van der Waals surface area (Å²) in [6, 6.07) is 3.97. The fourth-order valence-corrected chi connectivity index (χ4v) is 1.36. The standard InChI is InChI=1S/C9H12N2/c10-8-4-5-9(11-6-8)7-2-1-3-7/h4-7H,1-3,10H2. The summed E-state index contributed by atoms with van der Waals surface area (Å²) in [4.78, 5) is 4.28. The zero-order valence-electron chi connectivity index (χ0n) is 6.46. The maximum absolute atomic E-state index is 5.52. The first-order valence-electron chi connectivity index (χ1n) is 4.08. The minimum Gasteiger partial charge on any atom is -0.397 e. The summed E-state index contributed by atoms with van der Waals surface area (Å²) in [5, 5.41) is 0. The van der Waals surface area contributed by atoms with Crippen LogP contribution in [0.3, 0.4) is 0 Å². The normalized spacial score (nSPS) is 17.8. The number of nitrogen functional groups attached to an aromatic ring is 1. The molecule has 1 aromatic heterocycles. The van der Waals surface area contributed by atoms with Crippen LogP contribution in [-0.2, 0) is 0 Å². The van der Waals surface area contributed by atoms with Crippen molar-refractivity contribution < 1.29 is 0 Å². The summed E-state index contributed by atoms with van der Waals surface area (Å²) >= 11 is 0. The van der Waals surface area contributed by atoms with Crippen molar-refractivity contribution in [3.05, 3.63) is 24.0 Å². The van der Waals surface area contributed by atoms with Crippen molar-refractivity contribution in [1.82, 2.24) is 4.98 Å². The molecular formula is C9H12N2. The second kappa shape index (κ2) is 2.53. The summed E-state index contributed by atoms with van der Waals surface area (Å²) in [6.07, 6.45) is 5.71. The Bertz CT molecular complexity index is 236. The molecule has 1 fully saturated rings. The van der Waals surface area contributed by atoms with Crippen molar-refractivity contribution in [2.45, 2.75) is 25.2 Å². The fraction of sp³-hybridized carbons (Fsp3) is 0.444. The molecule has 0 radical (unpaired) electrons. The van der Waals surface area contributed by atoms with Gasteiger partial charge in [-0.25, -0.2) is 0 Å². The number of hydrogen-bond acceptors (Lipinski definition) is 2. The Hall–Kier alpha value is -1.05. The van der Waals surface area contributed by atoms with Crippen LogP contribution in [0.4, 0.5) is 5.69 Å². The largest absolute Gasteiger partial charge is 0.397 e. The molecule has 1 heterocycles. The molecule has 2 nitrogen and oxygen atoms in total. The van der Waals surface area contributed by atoms with Crippen molar-refractivity contribution in [3.8, 4) is 0 Å². The van der Waals surface area contributed by atoms with Crippen LogP contribution in [0.2, 0.25) is 0 Å². The molecule has 1 aromatic rings. The zero-order chi connectivity index (χ0) is 7.68. The van der Waals surface area contributed by atoms with Gasteiger partial charge in [0.15, 0.2) is 0 Å². The average molecular weight is 148 g/mol. The Balaban J connectivity index is 2.18. The topological polar surface area (TPSA) is 38.9 Å². The van der Waals surface area contributed by atoms with Gasteiger partial charge >= 0.3 is 0 Å². The third kappa shape index (κ3) is 1.20. The van der Waals surface area contributed by atoms with Gasteiger partial charge in [-0.05, 0) is 25.0 Å². The van der Waals surface area contributed by atoms with E-state index in [4.69, 9.17) is 5.73 Å². The third-order valence-corrected chi connectivity index (χ3v) is 2.33. The maximum Gasteiger partial charge on any atom is 0.0501 e. The van der Waals surface area contributed by atoms with Crippen LogP contribution in [0.25, 0.3) is 0 Å². The predicted molar refractivity (Wildman–Crippen MR) is 45.2 cm³/mol. The Morgan fingerprint density at radius 2 is 2.18 bits per heavy atom. The molecule has 0 amide bonds. The van der Waals surface area contributed by atoms with E-state index in [0.29, 0.717) is 0 Å². The monoisotopic (exact) mass is 148 g/mol. The summed E-state index contributed by atoms with van der Waals surface area (Å²) in [6.45, 7) is 0. The van der Waals surface area contributed by atoms with E-state index in [2.05, 4.69) is 4.98 Å². The Kier molecular flexibility index (Phi) is 1.53. The van der Waals surface area contributed by atoms with Gasteiger partial charge in [0.2, 0.25) is 0 Å². The van der Waals surface area contributed by atoms with Gasteiger partial charge in [-0.3, -0.25) is 4.98 Å². The van der Waals surface area contributed by atoms with Gasteiger partial charge in [0.25, 0.3) is 0 Å². The van der Waals surface area contributed by atoms with Crippen LogP contribution < -0.4 is 5.73 Å². The number of nitrogens with zero attached hydrogens (tertiary/aromatic N) is 1. The van der Waals surface area contributed by atoms with E-state index in [-0.39, 0.29) is 0 Å². The molecular weight excluding hydrogens is 136 g/mol. The van der Waals surface area contributed by atoms with Gasteiger partial charge in [-0.2, -0.15) is 0 Å². The number of rotatable bonds is 1. The van der Waals surface area contributed by atoms with Gasteiger partial charge in [-0.1, -0.05) is 6.42 Å². The molecule has 2 heteroatoms. The average Bonchev–Trinajstić information content (AvgIpc) is 1.90. The second-order valence-electron chi connectivity index (χ2n) is 3.14.